The minimum Gasteiger partial charge on any atom is -0.306 e. The third kappa shape index (κ3) is 2.84. The van der Waals surface area contributed by atoms with Crippen molar-refractivity contribution in [2.24, 2.45) is 0 Å². The standard InChI is InChI=1S/C20H21F2N3O/c1-12-3-6-18-14(9-12)15-11-24(2)8-7-19(15)25(18)20(26)23-17-5-4-13(21)10-16(17)22/h3-6,9-10,15,19H,7-8,11H2,1-2H3,(H,23,26)/t15-,19-/m1/s1. The lowest BCUT2D eigenvalue weighted by Gasteiger charge is -2.36. The van der Waals surface area contributed by atoms with Crippen molar-refractivity contribution in [2.45, 2.75) is 25.3 Å². The Hall–Kier alpha value is -2.47. The second-order valence-corrected chi connectivity index (χ2v) is 7.21. The van der Waals surface area contributed by atoms with Gasteiger partial charge in [-0.25, -0.2) is 13.6 Å². The summed E-state index contributed by atoms with van der Waals surface area (Å²) in [5, 5.41) is 2.61. The van der Waals surface area contributed by atoms with Crippen molar-refractivity contribution in [3.05, 3.63) is 59.2 Å². The first-order valence-corrected chi connectivity index (χ1v) is 8.78. The summed E-state index contributed by atoms with van der Waals surface area (Å²) in [4.78, 5) is 17.0. The van der Waals surface area contributed by atoms with Gasteiger partial charge in [-0.05, 0) is 50.7 Å². The molecule has 0 unspecified atom stereocenters. The number of likely N-dealkylation sites (tertiary alicyclic amines) is 1. The van der Waals surface area contributed by atoms with Gasteiger partial charge >= 0.3 is 6.03 Å². The van der Waals surface area contributed by atoms with Gasteiger partial charge in [-0.15, -0.1) is 0 Å². The lowest BCUT2D eigenvalue weighted by atomic mass is 9.89. The summed E-state index contributed by atoms with van der Waals surface area (Å²) in [5.74, 6) is -1.20. The molecule has 4 rings (SSSR count). The van der Waals surface area contributed by atoms with E-state index in [1.807, 2.05) is 19.1 Å². The molecule has 4 nitrogen and oxygen atoms in total. The van der Waals surface area contributed by atoms with Crippen LogP contribution in [-0.4, -0.2) is 37.1 Å². The summed E-state index contributed by atoms with van der Waals surface area (Å²) in [6.07, 6.45) is 0.855. The fourth-order valence-corrected chi connectivity index (χ4v) is 4.11. The monoisotopic (exact) mass is 357 g/mol. The number of carbonyl (C=O) groups is 1. The molecule has 6 heteroatoms. The number of halogens is 2. The molecule has 0 aromatic heterocycles. The number of likely N-dealkylation sites (N-methyl/N-ethyl adjacent to an activating group) is 1. The lowest BCUT2D eigenvalue weighted by molar-refractivity contribution is 0.224. The second-order valence-electron chi connectivity index (χ2n) is 7.21. The molecule has 2 aromatic carbocycles. The van der Waals surface area contributed by atoms with Gasteiger partial charge in [0.1, 0.15) is 11.6 Å². The number of hydrogen-bond acceptors (Lipinski definition) is 2. The zero-order chi connectivity index (χ0) is 18.4. The highest BCUT2D eigenvalue weighted by molar-refractivity contribution is 6.04. The van der Waals surface area contributed by atoms with Crippen LogP contribution in [0.3, 0.4) is 0 Å². The Balaban J connectivity index is 1.68. The number of anilines is 2. The Morgan fingerprint density at radius 2 is 2.00 bits per heavy atom. The van der Waals surface area contributed by atoms with E-state index in [4.69, 9.17) is 0 Å². The molecule has 0 bridgehead atoms. The molecule has 2 aromatic rings. The van der Waals surface area contributed by atoms with Gasteiger partial charge < -0.3 is 10.2 Å². The van der Waals surface area contributed by atoms with Crippen molar-refractivity contribution in [1.29, 1.82) is 0 Å². The molecule has 1 saturated heterocycles. The molecule has 2 atom stereocenters. The van der Waals surface area contributed by atoms with Crippen LogP contribution in [-0.2, 0) is 0 Å². The van der Waals surface area contributed by atoms with Crippen molar-refractivity contribution >= 4 is 17.4 Å². The quantitative estimate of drug-likeness (QED) is 0.834. The van der Waals surface area contributed by atoms with Crippen LogP contribution in [0.15, 0.2) is 36.4 Å². The minimum absolute atomic E-state index is 0.0126. The maximum atomic E-state index is 14.0. The van der Waals surface area contributed by atoms with E-state index in [0.717, 1.165) is 48.5 Å². The van der Waals surface area contributed by atoms with E-state index in [1.54, 1.807) is 4.90 Å². The number of hydrogen-bond donors (Lipinski definition) is 1. The Morgan fingerprint density at radius 1 is 1.19 bits per heavy atom. The Bertz CT molecular complexity index is 870. The highest BCUT2D eigenvalue weighted by Gasteiger charge is 2.44. The number of piperidine rings is 1. The summed E-state index contributed by atoms with van der Waals surface area (Å²) < 4.78 is 27.1. The third-order valence-corrected chi connectivity index (χ3v) is 5.34. The summed E-state index contributed by atoms with van der Waals surface area (Å²) >= 11 is 0. The Labute approximate surface area is 151 Å². The average Bonchev–Trinajstić information content (AvgIpc) is 2.90. The van der Waals surface area contributed by atoms with Crippen LogP contribution in [0.5, 0.6) is 0 Å². The van der Waals surface area contributed by atoms with Gasteiger partial charge in [0.15, 0.2) is 0 Å². The van der Waals surface area contributed by atoms with E-state index < -0.39 is 11.6 Å². The molecule has 0 aliphatic carbocycles. The number of nitrogens with one attached hydrogen (secondary N) is 1. The topological polar surface area (TPSA) is 35.6 Å². The summed E-state index contributed by atoms with van der Waals surface area (Å²) in [6.45, 7) is 3.83. The van der Waals surface area contributed by atoms with Gasteiger partial charge in [0, 0.05) is 30.3 Å². The van der Waals surface area contributed by atoms with E-state index in [0.29, 0.717) is 0 Å². The van der Waals surface area contributed by atoms with Crippen LogP contribution < -0.4 is 10.2 Å². The fourth-order valence-electron chi connectivity index (χ4n) is 4.11. The number of benzene rings is 2. The molecule has 0 spiro atoms. The first-order chi connectivity index (χ1) is 12.4. The SMILES string of the molecule is Cc1ccc2c(c1)[C@H]1CN(C)CC[C@H]1N2C(=O)Nc1ccc(F)cc1F. The van der Waals surface area contributed by atoms with Gasteiger partial charge in [0.25, 0.3) is 0 Å². The molecule has 2 aliphatic heterocycles. The molecular formula is C20H21F2N3O. The predicted molar refractivity (Wildman–Crippen MR) is 97.7 cm³/mol. The number of aryl methyl sites for hydroxylation is 1. The first-order valence-electron chi connectivity index (χ1n) is 8.78. The minimum atomic E-state index is -0.776. The first kappa shape index (κ1) is 17.0. The van der Waals surface area contributed by atoms with Crippen LogP contribution in [0, 0.1) is 18.6 Å². The van der Waals surface area contributed by atoms with E-state index in [-0.39, 0.29) is 23.7 Å². The molecule has 0 radical (unpaired) electrons. The van der Waals surface area contributed by atoms with Gasteiger partial charge in [-0.3, -0.25) is 4.90 Å². The van der Waals surface area contributed by atoms with Gasteiger partial charge in [0.2, 0.25) is 0 Å². The van der Waals surface area contributed by atoms with Crippen molar-refractivity contribution < 1.29 is 13.6 Å². The van der Waals surface area contributed by atoms with Crippen LogP contribution in [0.2, 0.25) is 0 Å². The number of urea groups is 1. The van der Waals surface area contributed by atoms with Crippen LogP contribution in [0.4, 0.5) is 25.0 Å². The highest BCUT2D eigenvalue weighted by Crippen LogP contribution is 2.45. The molecule has 0 saturated carbocycles. The van der Waals surface area contributed by atoms with Crippen molar-refractivity contribution in [3.8, 4) is 0 Å². The third-order valence-electron chi connectivity index (χ3n) is 5.34. The number of nitrogens with zero attached hydrogens (tertiary/aromatic N) is 2. The maximum Gasteiger partial charge on any atom is 0.326 e. The van der Waals surface area contributed by atoms with Crippen molar-refractivity contribution in [1.82, 2.24) is 4.90 Å². The number of rotatable bonds is 1. The van der Waals surface area contributed by atoms with E-state index in [9.17, 15) is 13.6 Å². The maximum absolute atomic E-state index is 14.0. The van der Waals surface area contributed by atoms with E-state index >= 15 is 0 Å². The molecule has 2 amide bonds. The molecule has 136 valence electrons. The molecule has 2 heterocycles. The zero-order valence-electron chi connectivity index (χ0n) is 14.8. The van der Waals surface area contributed by atoms with Gasteiger partial charge in [0.05, 0.1) is 5.69 Å². The second kappa shape index (κ2) is 6.36. The van der Waals surface area contributed by atoms with E-state index in [2.05, 4.69) is 23.3 Å². The van der Waals surface area contributed by atoms with Crippen molar-refractivity contribution in [3.63, 3.8) is 0 Å². The van der Waals surface area contributed by atoms with Crippen molar-refractivity contribution in [2.75, 3.05) is 30.4 Å². The smallest absolute Gasteiger partial charge is 0.306 e. The fraction of sp³-hybridized carbons (Fsp3) is 0.350. The van der Waals surface area contributed by atoms with Gasteiger partial charge in [-0.2, -0.15) is 0 Å². The normalized spacial score (nSPS) is 22.1. The van der Waals surface area contributed by atoms with Crippen LogP contribution >= 0.6 is 0 Å². The molecule has 1 N–H and O–H groups in total. The van der Waals surface area contributed by atoms with Crippen LogP contribution in [0.1, 0.15) is 23.5 Å². The summed E-state index contributed by atoms with van der Waals surface area (Å²) in [5.41, 5.74) is 3.18. The number of amides is 2. The zero-order valence-corrected chi connectivity index (χ0v) is 14.8. The Kier molecular flexibility index (Phi) is 4.15. The lowest BCUT2D eigenvalue weighted by Crippen LogP contribution is -2.48. The highest BCUT2D eigenvalue weighted by atomic mass is 19.1. The number of fused-ring (bicyclic) bond motifs is 3. The summed E-state index contributed by atoms with van der Waals surface area (Å²) in [6, 6.07) is 8.92. The summed E-state index contributed by atoms with van der Waals surface area (Å²) in [7, 11) is 2.09. The average molecular weight is 357 g/mol. The molecule has 2 aliphatic rings. The van der Waals surface area contributed by atoms with Crippen LogP contribution in [0.25, 0.3) is 0 Å². The predicted octanol–water partition coefficient (Wildman–Crippen LogP) is 4.11. The molecular weight excluding hydrogens is 336 g/mol. The Morgan fingerprint density at radius 3 is 2.77 bits per heavy atom. The molecule has 1 fully saturated rings. The largest absolute Gasteiger partial charge is 0.326 e. The number of carbonyl (C=O) groups excluding carboxylic acids is 1. The molecule has 26 heavy (non-hydrogen) atoms. The van der Waals surface area contributed by atoms with Gasteiger partial charge in [-0.1, -0.05) is 17.7 Å². The van der Waals surface area contributed by atoms with E-state index in [1.165, 1.54) is 6.07 Å².